The smallest absolute Gasteiger partial charge is 0.223 e. The van der Waals surface area contributed by atoms with Crippen molar-refractivity contribution in [2.45, 2.75) is 38.3 Å². The van der Waals surface area contributed by atoms with Crippen molar-refractivity contribution in [2.24, 2.45) is 5.92 Å². The van der Waals surface area contributed by atoms with Gasteiger partial charge in [-0.15, -0.1) is 0 Å². The van der Waals surface area contributed by atoms with Crippen LogP contribution >= 0.6 is 0 Å². The number of nitrogens with one attached hydrogen (secondary N) is 1. The number of nitrogens with zero attached hydrogens (tertiary/aromatic N) is 2. The van der Waals surface area contributed by atoms with E-state index in [2.05, 4.69) is 52.5 Å². The highest BCUT2D eigenvalue weighted by Crippen LogP contribution is 2.47. The van der Waals surface area contributed by atoms with E-state index in [9.17, 15) is 4.79 Å². The molecule has 2 aromatic rings. The van der Waals surface area contributed by atoms with Crippen LogP contribution in [0.25, 0.3) is 0 Å². The Balaban J connectivity index is 1.27. The van der Waals surface area contributed by atoms with E-state index in [4.69, 9.17) is 0 Å². The third-order valence-electron chi connectivity index (χ3n) is 5.60. The van der Waals surface area contributed by atoms with Crippen LogP contribution in [0.2, 0.25) is 0 Å². The molecule has 25 heavy (non-hydrogen) atoms. The molecule has 2 heterocycles. The van der Waals surface area contributed by atoms with Crippen molar-refractivity contribution in [1.82, 2.24) is 15.2 Å². The molecule has 1 fully saturated rings. The first-order chi connectivity index (χ1) is 12.2. The van der Waals surface area contributed by atoms with Crippen LogP contribution in [0, 0.1) is 5.92 Å². The van der Waals surface area contributed by atoms with Gasteiger partial charge in [-0.25, -0.2) is 0 Å². The Morgan fingerprint density at radius 2 is 2.12 bits per heavy atom. The number of fused-ring (bicyclic) bond motifs is 1. The van der Waals surface area contributed by atoms with Crippen LogP contribution in [0.1, 0.15) is 36.0 Å². The molecule has 1 aromatic heterocycles. The SMILES string of the molecule is C[C@H](CNC(=O)[C@H]1C[C@@H]1c1cccnc1)N1CCc2ccccc2C1. The van der Waals surface area contributed by atoms with Crippen LogP contribution in [0.15, 0.2) is 48.8 Å². The number of carbonyl (C=O) groups excluding carboxylic acids is 1. The molecule has 1 amide bonds. The number of amides is 1. The molecule has 1 saturated carbocycles. The van der Waals surface area contributed by atoms with Gasteiger partial charge in [0.25, 0.3) is 0 Å². The number of rotatable bonds is 5. The summed E-state index contributed by atoms with van der Waals surface area (Å²) in [6, 6.07) is 13.0. The first kappa shape index (κ1) is 16.3. The van der Waals surface area contributed by atoms with Crippen LogP contribution in [-0.4, -0.2) is 34.9 Å². The summed E-state index contributed by atoms with van der Waals surface area (Å²) in [7, 11) is 0. The summed E-state index contributed by atoms with van der Waals surface area (Å²) in [6.07, 6.45) is 5.70. The molecule has 0 unspecified atom stereocenters. The zero-order valence-electron chi connectivity index (χ0n) is 14.7. The third-order valence-corrected chi connectivity index (χ3v) is 5.60. The fourth-order valence-corrected chi connectivity index (χ4v) is 3.85. The summed E-state index contributed by atoms with van der Waals surface area (Å²) in [4.78, 5) is 19.0. The van der Waals surface area contributed by atoms with E-state index in [0.29, 0.717) is 12.0 Å². The molecule has 0 bridgehead atoms. The molecule has 3 atom stereocenters. The Morgan fingerprint density at radius 1 is 1.28 bits per heavy atom. The van der Waals surface area contributed by atoms with Gasteiger partial charge in [0, 0.05) is 44.0 Å². The Kier molecular flexibility index (Phi) is 4.53. The van der Waals surface area contributed by atoms with Gasteiger partial charge in [0.2, 0.25) is 5.91 Å². The summed E-state index contributed by atoms with van der Waals surface area (Å²) in [5.74, 6) is 0.669. The lowest BCUT2D eigenvalue weighted by atomic mass is 9.99. The van der Waals surface area contributed by atoms with Gasteiger partial charge < -0.3 is 5.32 Å². The predicted molar refractivity (Wildman–Crippen MR) is 98.1 cm³/mol. The molecule has 2 aliphatic rings. The fourth-order valence-electron chi connectivity index (χ4n) is 3.85. The minimum absolute atomic E-state index is 0.124. The van der Waals surface area contributed by atoms with E-state index in [0.717, 1.165) is 32.5 Å². The highest BCUT2D eigenvalue weighted by Gasteiger charge is 2.44. The molecule has 0 saturated heterocycles. The summed E-state index contributed by atoms with van der Waals surface area (Å²) >= 11 is 0. The second-order valence-corrected chi connectivity index (χ2v) is 7.32. The Hall–Kier alpha value is -2.20. The molecule has 4 heteroatoms. The molecule has 4 rings (SSSR count). The van der Waals surface area contributed by atoms with E-state index < -0.39 is 0 Å². The van der Waals surface area contributed by atoms with Gasteiger partial charge in [0.05, 0.1) is 0 Å². The largest absolute Gasteiger partial charge is 0.354 e. The maximum Gasteiger partial charge on any atom is 0.223 e. The van der Waals surface area contributed by atoms with Gasteiger partial charge in [-0.3, -0.25) is 14.7 Å². The highest BCUT2D eigenvalue weighted by molar-refractivity contribution is 5.82. The summed E-state index contributed by atoms with van der Waals surface area (Å²) in [5.41, 5.74) is 4.07. The molecule has 4 nitrogen and oxygen atoms in total. The summed E-state index contributed by atoms with van der Waals surface area (Å²) in [5, 5.41) is 3.16. The first-order valence-electron chi connectivity index (χ1n) is 9.21. The van der Waals surface area contributed by atoms with Crippen LogP contribution in [0.3, 0.4) is 0 Å². The minimum atomic E-state index is 0.124. The monoisotopic (exact) mass is 335 g/mol. The van der Waals surface area contributed by atoms with E-state index >= 15 is 0 Å². The average Bonchev–Trinajstić information content (AvgIpc) is 3.47. The lowest BCUT2D eigenvalue weighted by Gasteiger charge is -2.33. The normalized spacial score (nSPS) is 23.6. The van der Waals surface area contributed by atoms with E-state index in [1.54, 1.807) is 6.20 Å². The topological polar surface area (TPSA) is 45.2 Å². The number of carbonyl (C=O) groups is 1. The molecular formula is C21H25N3O. The van der Waals surface area contributed by atoms with Gasteiger partial charge in [0.1, 0.15) is 0 Å². The van der Waals surface area contributed by atoms with Crippen LogP contribution in [0.4, 0.5) is 0 Å². The number of hydrogen-bond acceptors (Lipinski definition) is 3. The number of pyridine rings is 1. The standard InChI is InChI=1S/C21H25N3O/c1-15(24-10-8-16-5-2-3-6-18(16)14-24)12-23-21(25)20-11-19(20)17-7-4-9-22-13-17/h2-7,9,13,15,19-20H,8,10-12,14H2,1H3,(H,23,25)/t15-,19-,20+/m1/s1. The van der Waals surface area contributed by atoms with Crippen molar-refractivity contribution in [1.29, 1.82) is 0 Å². The second-order valence-electron chi connectivity index (χ2n) is 7.32. The summed E-state index contributed by atoms with van der Waals surface area (Å²) in [6.45, 7) is 4.97. The Bertz CT molecular complexity index is 746. The molecule has 1 aliphatic carbocycles. The summed E-state index contributed by atoms with van der Waals surface area (Å²) < 4.78 is 0. The van der Waals surface area contributed by atoms with Crippen LogP contribution in [0.5, 0.6) is 0 Å². The van der Waals surface area contributed by atoms with Crippen molar-refractivity contribution >= 4 is 5.91 Å². The van der Waals surface area contributed by atoms with Gasteiger partial charge >= 0.3 is 0 Å². The molecule has 1 N–H and O–H groups in total. The molecule has 130 valence electrons. The lowest BCUT2D eigenvalue weighted by Crippen LogP contribution is -2.44. The zero-order valence-corrected chi connectivity index (χ0v) is 14.7. The fraction of sp³-hybridized carbons (Fsp3) is 0.429. The molecular weight excluding hydrogens is 310 g/mol. The number of aromatic nitrogens is 1. The maximum atomic E-state index is 12.4. The molecule has 1 aromatic carbocycles. The Morgan fingerprint density at radius 3 is 2.92 bits per heavy atom. The lowest BCUT2D eigenvalue weighted by molar-refractivity contribution is -0.122. The second kappa shape index (κ2) is 6.96. The van der Waals surface area contributed by atoms with Crippen molar-refractivity contribution in [3.63, 3.8) is 0 Å². The zero-order chi connectivity index (χ0) is 17.2. The highest BCUT2D eigenvalue weighted by atomic mass is 16.2. The van der Waals surface area contributed by atoms with Crippen molar-refractivity contribution in [3.8, 4) is 0 Å². The van der Waals surface area contributed by atoms with Gasteiger partial charge in [0.15, 0.2) is 0 Å². The molecule has 0 radical (unpaired) electrons. The van der Waals surface area contributed by atoms with Gasteiger partial charge in [-0.05, 0) is 48.4 Å². The quantitative estimate of drug-likeness (QED) is 0.914. The average molecular weight is 335 g/mol. The molecule has 0 spiro atoms. The van der Waals surface area contributed by atoms with Crippen molar-refractivity contribution < 1.29 is 4.79 Å². The van der Waals surface area contributed by atoms with E-state index in [-0.39, 0.29) is 11.8 Å². The van der Waals surface area contributed by atoms with Gasteiger partial charge in [-0.2, -0.15) is 0 Å². The number of benzene rings is 1. The van der Waals surface area contributed by atoms with E-state index in [1.165, 1.54) is 16.7 Å². The number of hydrogen-bond donors (Lipinski definition) is 1. The predicted octanol–water partition coefficient (Wildman–Crippen LogP) is 2.75. The maximum absolute atomic E-state index is 12.4. The van der Waals surface area contributed by atoms with Crippen LogP contribution in [-0.2, 0) is 17.8 Å². The van der Waals surface area contributed by atoms with Crippen molar-refractivity contribution in [3.05, 3.63) is 65.5 Å². The van der Waals surface area contributed by atoms with Crippen LogP contribution < -0.4 is 5.32 Å². The molecule has 1 aliphatic heterocycles. The van der Waals surface area contributed by atoms with Gasteiger partial charge in [-0.1, -0.05) is 30.3 Å². The first-order valence-corrected chi connectivity index (χ1v) is 9.21. The Labute approximate surface area is 149 Å². The third kappa shape index (κ3) is 3.59. The van der Waals surface area contributed by atoms with Crippen molar-refractivity contribution in [2.75, 3.05) is 13.1 Å². The van der Waals surface area contributed by atoms with E-state index in [1.807, 2.05) is 12.3 Å². The minimum Gasteiger partial charge on any atom is -0.354 e.